The SMILES string of the molecule is CCCCCCNC(=O)[C@@H](CCCC)NC(=O)Nc1ccc(NS(=O)(=O)c2ccc(C)cc2)cc1. The van der Waals surface area contributed by atoms with Crippen molar-refractivity contribution in [2.24, 2.45) is 0 Å². The van der Waals surface area contributed by atoms with E-state index < -0.39 is 22.1 Å². The largest absolute Gasteiger partial charge is 0.354 e. The number of hydrogen-bond donors (Lipinski definition) is 4. The minimum absolute atomic E-state index is 0.173. The molecule has 0 saturated carbocycles. The maximum atomic E-state index is 12.6. The minimum atomic E-state index is -3.71. The summed E-state index contributed by atoms with van der Waals surface area (Å²) in [7, 11) is -3.71. The van der Waals surface area contributed by atoms with Gasteiger partial charge in [0.1, 0.15) is 6.04 Å². The average Bonchev–Trinajstić information content (AvgIpc) is 2.82. The van der Waals surface area contributed by atoms with Crippen LogP contribution in [0.2, 0.25) is 0 Å². The number of hydrogen-bond acceptors (Lipinski definition) is 4. The van der Waals surface area contributed by atoms with E-state index in [0.29, 0.717) is 24.3 Å². The molecule has 0 bridgehead atoms. The molecule has 9 heteroatoms. The zero-order valence-corrected chi connectivity index (χ0v) is 21.7. The van der Waals surface area contributed by atoms with Crippen molar-refractivity contribution in [3.63, 3.8) is 0 Å². The Labute approximate surface area is 209 Å². The molecular weight excluding hydrogens is 464 g/mol. The van der Waals surface area contributed by atoms with Crippen molar-refractivity contribution in [3.8, 4) is 0 Å². The topological polar surface area (TPSA) is 116 Å². The summed E-state index contributed by atoms with van der Waals surface area (Å²) < 4.78 is 27.6. The molecule has 0 fully saturated rings. The third kappa shape index (κ3) is 9.98. The molecule has 0 unspecified atom stereocenters. The Bertz CT molecular complexity index is 1040. The number of urea groups is 1. The van der Waals surface area contributed by atoms with Gasteiger partial charge in [-0.25, -0.2) is 13.2 Å². The highest BCUT2D eigenvalue weighted by atomic mass is 32.2. The van der Waals surface area contributed by atoms with Gasteiger partial charge in [-0.15, -0.1) is 0 Å². The molecule has 0 radical (unpaired) electrons. The van der Waals surface area contributed by atoms with Crippen molar-refractivity contribution in [1.29, 1.82) is 0 Å². The van der Waals surface area contributed by atoms with Crippen LogP contribution in [0.5, 0.6) is 0 Å². The summed E-state index contributed by atoms with van der Waals surface area (Å²) in [6.45, 7) is 6.66. The number of sulfonamides is 1. The second-order valence-corrected chi connectivity index (χ2v) is 10.3. The van der Waals surface area contributed by atoms with Crippen molar-refractivity contribution in [1.82, 2.24) is 10.6 Å². The lowest BCUT2D eigenvalue weighted by molar-refractivity contribution is -0.123. The van der Waals surface area contributed by atoms with Gasteiger partial charge in [0, 0.05) is 17.9 Å². The van der Waals surface area contributed by atoms with Crippen LogP contribution in [-0.2, 0) is 14.8 Å². The lowest BCUT2D eigenvalue weighted by Gasteiger charge is -2.19. The van der Waals surface area contributed by atoms with E-state index in [4.69, 9.17) is 0 Å². The molecule has 0 aliphatic rings. The Morgan fingerprint density at radius 1 is 0.829 bits per heavy atom. The van der Waals surface area contributed by atoms with Crippen LogP contribution < -0.4 is 20.7 Å². The third-order valence-corrected chi connectivity index (χ3v) is 6.92. The van der Waals surface area contributed by atoms with Gasteiger partial charge in [0.25, 0.3) is 10.0 Å². The van der Waals surface area contributed by atoms with Gasteiger partial charge >= 0.3 is 6.03 Å². The number of nitrogens with one attached hydrogen (secondary N) is 4. The van der Waals surface area contributed by atoms with E-state index in [1.54, 1.807) is 48.5 Å². The van der Waals surface area contributed by atoms with Gasteiger partial charge < -0.3 is 16.0 Å². The van der Waals surface area contributed by atoms with E-state index in [0.717, 1.165) is 44.1 Å². The number of anilines is 2. The molecule has 192 valence electrons. The highest BCUT2D eigenvalue weighted by Gasteiger charge is 2.20. The molecule has 2 aromatic carbocycles. The van der Waals surface area contributed by atoms with Crippen LogP contribution in [-0.4, -0.2) is 32.9 Å². The summed E-state index contributed by atoms with van der Waals surface area (Å²) in [4.78, 5) is 25.3. The van der Waals surface area contributed by atoms with E-state index in [2.05, 4.69) is 27.6 Å². The Kier molecular flexibility index (Phi) is 11.6. The van der Waals surface area contributed by atoms with Crippen molar-refractivity contribution in [2.75, 3.05) is 16.6 Å². The van der Waals surface area contributed by atoms with E-state index in [1.807, 2.05) is 13.8 Å². The quantitative estimate of drug-likeness (QED) is 0.267. The Balaban J connectivity index is 1.91. The van der Waals surface area contributed by atoms with Crippen LogP contribution in [0, 0.1) is 6.92 Å². The van der Waals surface area contributed by atoms with Crippen LogP contribution in [0.15, 0.2) is 53.4 Å². The zero-order chi connectivity index (χ0) is 25.7. The standard InChI is InChI=1S/C26H38N4O4S/c1-4-6-8-9-19-27-25(31)24(10-7-5-2)29-26(32)28-21-13-15-22(16-14-21)30-35(33,34)23-17-11-20(3)12-18-23/h11-18,24,30H,4-10,19H2,1-3H3,(H,27,31)(H2,28,29,32)/t24-/m1/s1. The highest BCUT2D eigenvalue weighted by molar-refractivity contribution is 7.92. The summed E-state index contributed by atoms with van der Waals surface area (Å²) in [6, 6.07) is 11.8. The third-order valence-electron chi connectivity index (χ3n) is 5.52. The summed E-state index contributed by atoms with van der Waals surface area (Å²) in [6.07, 6.45) is 6.57. The number of benzene rings is 2. The molecule has 0 aliphatic heterocycles. The molecule has 4 N–H and O–H groups in total. The van der Waals surface area contributed by atoms with Gasteiger partial charge in [0.15, 0.2) is 0 Å². The van der Waals surface area contributed by atoms with Gasteiger partial charge in [-0.1, -0.05) is 63.6 Å². The summed E-state index contributed by atoms with van der Waals surface area (Å²) >= 11 is 0. The maximum Gasteiger partial charge on any atom is 0.319 e. The average molecular weight is 503 g/mol. The summed E-state index contributed by atoms with van der Waals surface area (Å²) in [5.41, 5.74) is 1.83. The number of carbonyl (C=O) groups is 2. The van der Waals surface area contributed by atoms with E-state index in [9.17, 15) is 18.0 Å². The number of amides is 3. The summed E-state index contributed by atoms with van der Waals surface area (Å²) in [5.74, 6) is -0.175. The number of rotatable bonds is 14. The fourth-order valence-corrected chi connectivity index (χ4v) is 4.50. The van der Waals surface area contributed by atoms with Crippen molar-refractivity contribution < 1.29 is 18.0 Å². The van der Waals surface area contributed by atoms with Crippen LogP contribution in [0.3, 0.4) is 0 Å². The second-order valence-electron chi connectivity index (χ2n) is 8.64. The number of carbonyl (C=O) groups excluding carboxylic acids is 2. The molecule has 0 aromatic heterocycles. The van der Waals surface area contributed by atoms with Crippen molar-refractivity contribution in [3.05, 3.63) is 54.1 Å². The molecule has 0 heterocycles. The second kappa shape index (κ2) is 14.4. The lowest BCUT2D eigenvalue weighted by atomic mass is 10.1. The molecule has 0 spiro atoms. The van der Waals surface area contributed by atoms with E-state index in [1.165, 1.54) is 0 Å². The first-order chi connectivity index (χ1) is 16.7. The Morgan fingerprint density at radius 3 is 2.09 bits per heavy atom. The summed E-state index contributed by atoms with van der Waals surface area (Å²) in [5, 5.41) is 8.38. The molecule has 2 aromatic rings. The number of unbranched alkanes of at least 4 members (excludes halogenated alkanes) is 4. The molecule has 1 atom stereocenters. The maximum absolute atomic E-state index is 12.6. The monoisotopic (exact) mass is 502 g/mol. The van der Waals surface area contributed by atoms with Crippen LogP contribution in [0.4, 0.5) is 16.2 Å². The smallest absolute Gasteiger partial charge is 0.319 e. The first-order valence-corrected chi connectivity index (χ1v) is 13.8. The Hall–Kier alpha value is -3.07. The molecule has 3 amide bonds. The Morgan fingerprint density at radius 2 is 1.46 bits per heavy atom. The lowest BCUT2D eigenvalue weighted by Crippen LogP contribution is -2.48. The van der Waals surface area contributed by atoms with E-state index >= 15 is 0 Å². The predicted octanol–water partition coefficient (Wildman–Crippen LogP) is 5.17. The first-order valence-electron chi connectivity index (χ1n) is 12.3. The minimum Gasteiger partial charge on any atom is -0.354 e. The highest BCUT2D eigenvalue weighted by Crippen LogP contribution is 2.19. The molecule has 35 heavy (non-hydrogen) atoms. The predicted molar refractivity (Wildman–Crippen MR) is 141 cm³/mol. The normalized spacial score (nSPS) is 12.0. The molecule has 0 aliphatic carbocycles. The first kappa shape index (κ1) is 28.2. The molecule has 2 rings (SSSR count). The van der Waals surface area contributed by atoms with Gasteiger partial charge in [0.05, 0.1) is 4.90 Å². The van der Waals surface area contributed by atoms with Crippen molar-refractivity contribution in [2.45, 2.75) is 76.7 Å². The fraction of sp³-hybridized carbons (Fsp3) is 0.462. The van der Waals surface area contributed by atoms with Crippen LogP contribution in [0.1, 0.15) is 64.4 Å². The van der Waals surface area contributed by atoms with Gasteiger partial charge in [-0.2, -0.15) is 0 Å². The fourth-order valence-electron chi connectivity index (χ4n) is 3.44. The zero-order valence-electron chi connectivity index (χ0n) is 20.9. The van der Waals surface area contributed by atoms with Crippen LogP contribution in [0.25, 0.3) is 0 Å². The van der Waals surface area contributed by atoms with Gasteiger partial charge in [0.2, 0.25) is 5.91 Å². The van der Waals surface area contributed by atoms with Crippen molar-refractivity contribution >= 4 is 33.3 Å². The number of aryl methyl sites for hydroxylation is 1. The molecular formula is C26H38N4O4S. The molecule has 8 nitrogen and oxygen atoms in total. The van der Waals surface area contributed by atoms with E-state index in [-0.39, 0.29) is 10.8 Å². The van der Waals surface area contributed by atoms with Gasteiger partial charge in [-0.3, -0.25) is 9.52 Å². The van der Waals surface area contributed by atoms with Gasteiger partial charge in [-0.05, 0) is 56.2 Å². The van der Waals surface area contributed by atoms with Crippen LogP contribution >= 0.6 is 0 Å². The molecule has 0 saturated heterocycles.